The molecule has 4 rings (SSSR count). The number of benzene rings is 2. The molecule has 0 saturated heterocycles. The molecule has 0 spiro atoms. The Bertz CT molecular complexity index is 1030. The molecule has 1 aromatic heterocycles. The fourth-order valence-electron chi connectivity index (χ4n) is 4.04. The van der Waals surface area contributed by atoms with E-state index in [-0.39, 0.29) is 11.9 Å². The molecule has 0 radical (unpaired) electrons. The van der Waals surface area contributed by atoms with Gasteiger partial charge in [0.1, 0.15) is 17.2 Å². The van der Waals surface area contributed by atoms with Gasteiger partial charge >= 0.3 is 0 Å². The number of hydrogen-bond acceptors (Lipinski definition) is 5. The minimum atomic E-state index is -0.231. The largest absolute Gasteiger partial charge is 0.497 e. The molecular formula is C24H27N3O4. The number of nitrogens with one attached hydrogen (secondary N) is 1. The molecule has 1 aliphatic rings. The molecule has 7 heteroatoms. The van der Waals surface area contributed by atoms with Crippen LogP contribution >= 0.6 is 0 Å². The van der Waals surface area contributed by atoms with Crippen molar-refractivity contribution in [3.63, 3.8) is 0 Å². The van der Waals surface area contributed by atoms with Crippen molar-refractivity contribution in [3.8, 4) is 22.8 Å². The molecule has 0 fully saturated rings. The molecule has 1 amide bonds. The van der Waals surface area contributed by atoms with Crippen LogP contribution in [0.3, 0.4) is 0 Å². The van der Waals surface area contributed by atoms with Gasteiger partial charge in [-0.05, 0) is 55.3 Å². The third kappa shape index (κ3) is 4.01. The number of H-pyrrole nitrogens is 1. The van der Waals surface area contributed by atoms with Crippen LogP contribution in [0, 0.1) is 0 Å². The van der Waals surface area contributed by atoms with Gasteiger partial charge in [-0.3, -0.25) is 9.89 Å². The van der Waals surface area contributed by atoms with Gasteiger partial charge in [0.25, 0.3) is 5.91 Å². The maximum absolute atomic E-state index is 13.3. The van der Waals surface area contributed by atoms with E-state index in [0.717, 1.165) is 40.3 Å². The Morgan fingerprint density at radius 1 is 1.03 bits per heavy atom. The van der Waals surface area contributed by atoms with Gasteiger partial charge in [0.2, 0.25) is 0 Å². The molecular weight excluding hydrogens is 394 g/mol. The minimum Gasteiger partial charge on any atom is -0.497 e. The number of ether oxygens (including phenoxy) is 3. The second-order valence-electron chi connectivity index (χ2n) is 7.34. The second kappa shape index (κ2) is 9.22. The highest BCUT2D eigenvalue weighted by Crippen LogP contribution is 2.43. The first-order valence-electron chi connectivity index (χ1n) is 10.4. The number of amides is 1. The first-order chi connectivity index (χ1) is 15.2. The summed E-state index contributed by atoms with van der Waals surface area (Å²) in [6.45, 7) is 3.75. The average molecular weight is 421 g/mol. The number of nitrogens with zero attached hydrogens (tertiary/aromatic N) is 2. The van der Waals surface area contributed by atoms with Crippen molar-refractivity contribution in [1.29, 1.82) is 0 Å². The summed E-state index contributed by atoms with van der Waals surface area (Å²) in [6, 6.07) is 15.4. The lowest BCUT2D eigenvalue weighted by Gasteiger charge is -2.26. The number of methoxy groups -OCH3 is 2. The Kier molecular flexibility index (Phi) is 6.23. The lowest BCUT2D eigenvalue weighted by atomic mass is 9.96. The first-order valence-corrected chi connectivity index (χ1v) is 10.4. The fourth-order valence-corrected chi connectivity index (χ4v) is 4.04. The van der Waals surface area contributed by atoms with Crippen LogP contribution in [0.2, 0.25) is 0 Å². The Hall–Kier alpha value is -3.32. The number of carbonyl (C=O) groups excluding carboxylic acids is 1. The summed E-state index contributed by atoms with van der Waals surface area (Å²) in [6.07, 6.45) is 0.755. The molecule has 1 unspecified atom stereocenters. The predicted molar refractivity (Wildman–Crippen MR) is 118 cm³/mol. The summed E-state index contributed by atoms with van der Waals surface area (Å²) in [7, 11) is 3.31. The van der Waals surface area contributed by atoms with E-state index in [9.17, 15) is 4.79 Å². The van der Waals surface area contributed by atoms with E-state index in [1.807, 2.05) is 60.4 Å². The molecule has 3 aromatic rings. The lowest BCUT2D eigenvalue weighted by molar-refractivity contribution is 0.0723. The molecule has 0 bridgehead atoms. The predicted octanol–water partition coefficient (Wildman–Crippen LogP) is 4.07. The van der Waals surface area contributed by atoms with Crippen molar-refractivity contribution in [1.82, 2.24) is 15.1 Å². The SMILES string of the molecule is CCOc1ccc(-c2n[nH]c3c2C(c2ccc(OC)cc2)N(CCCOC)C3=O)cc1. The summed E-state index contributed by atoms with van der Waals surface area (Å²) in [5, 5.41) is 7.50. The van der Waals surface area contributed by atoms with Crippen LogP contribution in [-0.4, -0.2) is 55.0 Å². The van der Waals surface area contributed by atoms with Gasteiger partial charge in [-0.1, -0.05) is 12.1 Å². The number of aromatic nitrogens is 2. The van der Waals surface area contributed by atoms with Gasteiger partial charge in [0.05, 0.1) is 25.5 Å². The maximum Gasteiger partial charge on any atom is 0.273 e. The number of fused-ring (bicyclic) bond motifs is 1. The summed E-state index contributed by atoms with van der Waals surface area (Å²) < 4.78 is 16.1. The summed E-state index contributed by atoms with van der Waals surface area (Å²) >= 11 is 0. The molecule has 0 saturated carbocycles. The molecule has 1 N–H and O–H groups in total. The normalized spacial score (nSPS) is 15.3. The Labute approximate surface area is 181 Å². The quantitative estimate of drug-likeness (QED) is 0.527. The standard InChI is InChI=1S/C24H27N3O4/c1-4-31-19-12-6-16(7-13-19)21-20-22(26-25-21)24(28)27(14-5-15-29-2)23(20)17-8-10-18(30-3)11-9-17/h6-13,23H,4-5,14-15H2,1-3H3,(H,25,26). The van der Waals surface area contributed by atoms with Crippen molar-refractivity contribution < 1.29 is 19.0 Å². The zero-order valence-corrected chi connectivity index (χ0v) is 18.1. The Balaban J connectivity index is 1.75. The number of aromatic amines is 1. The smallest absolute Gasteiger partial charge is 0.273 e. The van der Waals surface area contributed by atoms with Crippen LogP contribution in [0.5, 0.6) is 11.5 Å². The first kappa shape index (κ1) is 20.9. The second-order valence-corrected chi connectivity index (χ2v) is 7.34. The number of hydrogen-bond donors (Lipinski definition) is 1. The zero-order chi connectivity index (χ0) is 21.8. The molecule has 2 heterocycles. The van der Waals surface area contributed by atoms with Gasteiger partial charge in [0.15, 0.2) is 0 Å². The van der Waals surface area contributed by atoms with E-state index in [0.29, 0.717) is 25.5 Å². The zero-order valence-electron chi connectivity index (χ0n) is 18.1. The molecule has 1 atom stereocenters. The summed E-state index contributed by atoms with van der Waals surface area (Å²) in [5.74, 6) is 1.54. The van der Waals surface area contributed by atoms with Crippen molar-refractivity contribution in [2.75, 3.05) is 34.0 Å². The van der Waals surface area contributed by atoms with E-state index in [1.165, 1.54) is 0 Å². The van der Waals surface area contributed by atoms with Gasteiger partial charge < -0.3 is 19.1 Å². The van der Waals surface area contributed by atoms with E-state index in [1.54, 1.807) is 14.2 Å². The summed E-state index contributed by atoms with van der Waals surface area (Å²) in [4.78, 5) is 15.1. The molecule has 2 aromatic carbocycles. The van der Waals surface area contributed by atoms with Crippen molar-refractivity contribution in [2.45, 2.75) is 19.4 Å². The highest BCUT2D eigenvalue weighted by atomic mass is 16.5. The average Bonchev–Trinajstić information content (AvgIpc) is 3.34. The van der Waals surface area contributed by atoms with Crippen molar-refractivity contribution in [2.24, 2.45) is 0 Å². The Morgan fingerprint density at radius 3 is 2.39 bits per heavy atom. The summed E-state index contributed by atoms with van der Waals surface area (Å²) in [5.41, 5.74) is 4.17. The van der Waals surface area contributed by atoms with Crippen LogP contribution < -0.4 is 9.47 Å². The van der Waals surface area contributed by atoms with Gasteiger partial charge in [-0.2, -0.15) is 5.10 Å². The number of carbonyl (C=O) groups is 1. The molecule has 162 valence electrons. The topological polar surface area (TPSA) is 76.7 Å². The van der Waals surface area contributed by atoms with Crippen molar-refractivity contribution in [3.05, 3.63) is 65.4 Å². The van der Waals surface area contributed by atoms with Crippen LogP contribution in [0.1, 0.15) is 41.0 Å². The Morgan fingerprint density at radius 2 is 1.74 bits per heavy atom. The van der Waals surface area contributed by atoms with Gasteiger partial charge in [-0.15, -0.1) is 0 Å². The third-order valence-corrected chi connectivity index (χ3v) is 5.48. The van der Waals surface area contributed by atoms with Crippen LogP contribution in [0.15, 0.2) is 48.5 Å². The minimum absolute atomic E-state index is 0.0448. The van der Waals surface area contributed by atoms with Crippen LogP contribution in [0.25, 0.3) is 11.3 Å². The molecule has 31 heavy (non-hydrogen) atoms. The van der Waals surface area contributed by atoms with E-state index in [2.05, 4.69) is 10.2 Å². The highest BCUT2D eigenvalue weighted by molar-refractivity contribution is 6.00. The van der Waals surface area contributed by atoms with E-state index >= 15 is 0 Å². The molecule has 7 nitrogen and oxygen atoms in total. The van der Waals surface area contributed by atoms with E-state index < -0.39 is 0 Å². The third-order valence-electron chi connectivity index (χ3n) is 5.48. The van der Waals surface area contributed by atoms with E-state index in [4.69, 9.17) is 14.2 Å². The van der Waals surface area contributed by atoms with Crippen LogP contribution in [0.4, 0.5) is 0 Å². The van der Waals surface area contributed by atoms with Crippen LogP contribution in [-0.2, 0) is 4.74 Å². The highest BCUT2D eigenvalue weighted by Gasteiger charge is 2.41. The van der Waals surface area contributed by atoms with Gasteiger partial charge in [-0.25, -0.2) is 0 Å². The number of rotatable bonds is 9. The monoisotopic (exact) mass is 421 g/mol. The van der Waals surface area contributed by atoms with Crippen molar-refractivity contribution >= 4 is 5.91 Å². The lowest BCUT2D eigenvalue weighted by Crippen LogP contribution is -2.31. The molecule has 1 aliphatic heterocycles. The maximum atomic E-state index is 13.3. The van der Waals surface area contributed by atoms with Gasteiger partial charge in [0, 0.05) is 31.4 Å². The molecule has 0 aliphatic carbocycles. The fraction of sp³-hybridized carbons (Fsp3) is 0.333.